The summed E-state index contributed by atoms with van der Waals surface area (Å²) in [6.07, 6.45) is 0.749. The topological polar surface area (TPSA) is 58.2 Å². The maximum Gasteiger partial charge on any atom is 0.267 e. The van der Waals surface area contributed by atoms with Gasteiger partial charge in [-0.3, -0.25) is 14.9 Å². The van der Waals surface area contributed by atoms with Crippen LogP contribution < -0.4 is 10.6 Å². The zero-order valence-electron chi connectivity index (χ0n) is 8.76. The van der Waals surface area contributed by atoms with Gasteiger partial charge in [0, 0.05) is 5.75 Å². The van der Waals surface area contributed by atoms with Gasteiger partial charge in [-0.05, 0) is 30.1 Å². The molecule has 2 heterocycles. The number of nitrogens with one attached hydrogen (secondary N) is 2. The maximum atomic E-state index is 11.7. The van der Waals surface area contributed by atoms with Crippen molar-refractivity contribution in [1.82, 2.24) is 10.6 Å². The number of rotatable bonds is 2. The van der Waals surface area contributed by atoms with Crippen molar-refractivity contribution in [3.63, 3.8) is 0 Å². The van der Waals surface area contributed by atoms with E-state index < -0.39 is 0 Å². The lowest BCUT2D eigenvalue weighted by Crippen LogP contribution is -2.45. The average molecular weight is 286 g/mol. The lowest BCUT2D eigenvalue weighted by molar-refractivity contribution is -0.111. The maximum absolute atomic E-state index is 11.7. The molecule has 2 N–H and O–H groups in total. The summed E-state index contributed by atoms with van der Waals surface area (Å²) in [6.45, 7) is 0. The molecule has 0 aliphatic carbocycles. The molecule has 17 heavy (non-hydrogen) atoms. The second kappa shape index (κ2) is 5.61. The number of hydrogen-bond acceptors (Lipinski definition) is 5. The fourth-order valence-corrected chi connectivity index (χ4v) is 3.18. The molecule has 1 aliphatic rings. The van der Waals surface area contributed by atoms with E-state index in [0.29, 0.717) is 4.88 Å². The summed E-state index contributed by atoms with van der Waals surface area (Å²) < 4.78 is 0. The van der Waals surface area contributed by atoms with E-state index in [1.165, 1.54) is 23.1 Å². The van der Waals surface area contributed by atoms with Crippen LogP contribution in [0.25, 0.3) is 0 Å². The molecule has 0 unspecified atom stereocenters. The summed E-state index contributed by atoms with van der Waals surface area (Å²) in [5, 5.41) is 7.53. The number of carbonyl (C=O) groups excluding carboxylic acids is 2. The molecular weight excluding hydrogens is 276 g/mol. The zero-order chi connectivity index (χ0) is 12.3. The van der Waals surface area contributed by atoms with Crippen LogP contribution in [-0.4, -0.2) is 27.9 Å². The normalized spacial score (nSPS) is 19.1. The van der Waals surface area contributed by atoms with E-state index >= 15 is 0 Å². The van der Waals surface area contributed by atoms with Crippen molar-refractivity contribution in [2.24, 2.45) is 0 Å². The first-order valence-electron chi connectivity index (χ1n) is 4.99. The monoisotopic (exact) mass is 286 g/mol. The Labute approximate surface area is 112 Å². The largest absolute Gasteiger partial charge is 0.352 e. The summed E-state index contributed by atoms with van der Waals surface area (Å²) in [4.78, 5) is 23.6. The van der Waals surface area contributed by atoms with Gasteiger partial charge >= 0.3 is 0 Å². The van der Waals surface area contributed by atoms with Crippen molar-refractivity contribution < 1.29 is 9.59 Å². The van der Waals surface area contributed by atoms with Gasteiger partial charge in [-0.1, -0.05) is 17.8 Å². The molecule has 1 atom stereocenters. The summed E-state index contributed by atoms with van der Waals surface area (Å²) in [5.41, 5.74) is 0. The predicted molar refractivity (Wildman–Crippen MR) is 73.4 cm³/mol. The van der Waals surface area contributed by atoms with Crippen LogP contribution in [0.5, 0.6) is 0 Å². The first kappa shape index (κ1) is 12.5. The first-order chi connectivity index (χ1) is 8.16. The van der Waals surface area contributed by atoms with Crippen LogP contribution in [-0.2, 0) is 4.79 Å². The second-order valence-electron chi connectivity index (χ2n) is 3.41. The number of thiophene rings is 1. The highest BCUT2D eigenvalue weighted by Crippen LogP contribution is 2.19. The Balaban J connectivity index is 1.85. The predicted octanol–water partition coefficient (Wildman–Crippen LogP) is 1.38. The molecular formula is C10H10N2O2S3. The van der Waals surface area contributed by atoms with Crippen LogP contribution in [0.15, 0.2) is 17.5 Å². The molecule has 1 amide bonds. The molecule has 90 valence electrons. The zero-order valence-corrected chi connectivity index (χ0v) is 11.2. The van der Waals surface area contributed by atoms with Gasteiger partial charge in [0.05, 0.1) is 10.9 Å². The van der Waals surface area contributed by atoms with Crippen molar-refractivity contribution in [2.45, 2.75) is 12.5 Å². The van der Waals surface area contributed by atoms with Gasteiger partial charge in [-0.2, -0.15) is 0 Å². The third kappa shape index (κ3) is 3.27. The standard InChI is InChI=1S/C10H10N2O2S3/c13-8(7-2-1-4-16-7)12-10(15)11-6-3-5-17-9(6)14/h1-2,4,6H,3,5H2,(H2,11,12,13,15)/t6-/m0/s1. The fraction of sp³-hybridized carbons (Fsp3) is 0.300. The van der Waals surface area contributed by atoms with E-state index in [4.69, 9.17) is 12.2 Å². The van der Waals surface area contributed by atoms with E-state index in [1.54, 1.807) is 12.1 Å². The number of thiocarbonyl (C=S) groups is 1. The van der Waals surface area contributed by atoms with E-state index in [-0.39, 0.29) is 22.2 Å². The van der Waals surface area contributed by atoms with Gasteiger partial charge in [0.25, 0.3) is 5.91 Å². The molecule has 1 fully saturated rings. The van der Waals surface area contributed by atoms with Crippen molar-refractivity contribution in [3.05, 3.63) is 22.4 Å². The Morgan fingerprint density at radius 1 is 1.53 bits per heavy atom. The highest BCUT2D eigenvalue weighted by molar-refractivity contribution is 8.14. The Morgan fingerprint density at radius 3 is 2.94 bits per heavy atom. The van der Waals surface area contributed by atoms with Crippen LogP contribution in [0, 0.1) is 0 Å². The average Bonchev–Trinajstić information content (AvgIpc) is 2.90. The first-order valence-corrected chi connectivity index (χ1v) is 7.26. The van der Waals surface area contributed by atoms with Crippen molar-refractivity contribution >= 4 is 51.5 Å². The van der Waals surface area contributed by atoms with E-state index in [9.17, 15) is 9.59 Å². The van der Waals surface area contributed by atoms with Crippen molar-refractivity contribution in [3.8, 4) is 0 Å². The van der Waals surface area contributed by atoms with E-state index in [0.717, 1.165) is 12.2 Å². The van der Waals surface area contributed by atoms with Crippen molar-refractivity contribution in [2.75, 3.05) is 5.75 Å². The molecule has 0 spiro atoms. The second-order valence-corrected chi connectivity index (χ2v) is 5.87. The Kier molecular flexibility index (Phi) is 4.14. The molecule has 7 heteroatoms. The van der Waals surface area contributed by atoms with Crippen LogP contribution in [0.4, 0.5) is 0 Å². The minimum Gasteiger partial charge on any atom is -0.352 e. The molecule has 0 saturated carbocycles. The highest BCUT2D eigenvalue weighted by Gasteiger charge is 2.26. The molecule has 1 saturated heterocycles. The van der Waals surface area contributed by atoms with Crippen LogP contribution in [0.1, 0.15) is 16.1 Å². The third-order valence-electron chi connectivity index (χ3n) is 2.21. The molecule has 0 aromatic carbocycles. The van der Waals surface area contributed by atoms with Gasteiger partial charge in [0.2, 0.25) is 5.12 Å². The SMILES string of the molecule is O=C(NC(=S)N[C@H]1CCSC1=O)c1cccs1. The van der Waals surface area contributed by atoms with E-state index in [1.807, 2.05) is 5.38 Å². The quantitative estimate of drug-likeness (QED) is 0.805. The minimum absolute atomic E-state index is 0.0812. The van der Waals surface area contributed by atoms with Gasteiger partial charge in [0.15, 0.2) is 5.11 Å². The molecule has 2 rings (SSSR count). The summed E-state index contributed by atoms with van der Waals surface area (Å²) >= 11 is 7.63. The molecule has 1 aliphatic heterocycles. The molecule has 0 bridgehead atoms. The van der Waals surface area contributed by atoms with Crippen LogP contribution in [0.3, 0.4) is 0 Å². The van der Waals surface area contributed by atoms with Gasteiger partial charge in [-0.25, -0.2) is 0 Å². The Hall–Kier alpha value is -0.920. The summed E-state index contributed by atoms with van der Waals surface area (Å²) in [7, 11) is 0. The van der Waals surface area contributed by atoms with Crippen molar-refractivity contribution in [1.29, 1.82) is 0 Å². The minimum atomic E-state index is -0.267. The Bertz CT molecular complexity index is 444. The van der Waals surface area contributed by atoms with E-state index in [2.05, 4.69) is 10.6 Å². The smallest absolute Gasteiger partial charge is 0.267 e. The Morgan fingerprint density at radius 2 is 2.35 bits per heavy atom. The van der Waals surface area contributed by atoms with Gasteiger partial charge in [-0.15, -0.1) is 11.3 Å². The van der Waals surface area contributed by atoms with Gasteiger partial charge < -0.3 is 5.32 Å². The molecule has 1 aromatic heterocycles. The number of carbonyl (C=O) groups is 2. The lowest BCUT2D eigenvalue weighted by Gasteiger charge is -2.12. The number of amides is 1. The van der Waals surface area contributed by atoms with Gasteiger partial charge in [0.1, 0.15) is 0 Å². The fourth-order valence-electron chi connectivity index (χ4n) is 1.39. The number of thioether (sulfide) groups is 1. The van der Waals surface area contributed by atoms with Crippen LogP contribution in [0.2, 0.25) is 0 Å². The third-order valence-corrected chi connectivity index (χ3v) is 4.31. The number of hydrogen-bond donors (Lipinski definition) is 2. The highest BCUT2D eigenvalue weighted by atomic mass is 32.2. The molecule has 1 aromatic rings. The molecule has 4 nitrogen and oxygen atoms in total. The summed E-state index contributed by atoms with van der Waals surface area (Å²) in [5.74, 6) is 0.563. The molecule has 0 radical (unpaired) electrons. The summed E-state index contributed by atoms with van der Waals surface area (Å²) in [6, 6.07) is 3.25. The lowest BCUT2D eigenvalue weighted by atomic mass is 10.2. The van der Waals surface area contributed by atoms with Crippen LogP contribution >= 0.6 is 35.3 Å².